The summed E-state index contributed by atoms with van der Waals surface area (Å²) in [5, 5.41) is 52.9. The largest absolute Gasteiger partial charge is 0.506 e. The molecule has 1 saturated heterocycles. The molecule has 0 aromatic heterocycles. The zero-order valence-electron chi connectivity index (χ0n) is 22.1. The molecule has 210 valence electrons. The number of phenols is 1. The number of phenolic OH excluding ortho intramolecular Hbond substituents is 1. The topological polar surface area (TPSA) is 146 Å². The summed E-state index contributed by atoms with van der Waals surface area (Å²) in [7, 11) is 1.49. The van der Waals surface area contributed by atoms with Gasteiger partial charge in [-0.1, -0.05) is 39.0 Å². The van der Waals surface area contributed by atoms with E-state index in [1.54, 1.807) is 6.07 Å². The van der Waals surface area contributed by atoms with Crippen molar-refractivity contribution >= 4 is 16.6 Å². The molecule has 5 atom stereocenters. The van der Waals surface area contributed by atoms with Gasteiger partial charge in [-0.2, -0.15) is 0 Å². The number of aliphatic hydroxyl groups is 4. The lowest BCUT2D eigenvalue weighted by molar-refractivity contribution is -0.277. The molecule has 2 fully saturated rings. The first-order valence-corrected chi connectivity index (χ1v) is 13.7. The van der Waals surface area contributed by atoms with Crippen molar-refractivity contribution in [1.29, 1.82) is 0 Å². The molecule has 5 N–H and O–H groups in total. The van der Waals surface area contributed by atoms with Crippen LogP contribution in [0.1, 0.15) is 86.6 Å². The van der Waals surface area contributed by atoms with Gasteiger partial charge in [-0.3, -0.25) is 4.79 Å². The second-order valence-electron chi connectivity index (χ2n) is 10.4. The van der Waals surface area contributed by atoms with Gasteiger partial charge in [0.05, 0.1) is 24.7 Å². The van der Waals surface area contributed by atoms with Crippen LogP contribution in [0.5, 0.6) is 17.2 Å². The summed E-state index contributed by atoms with van der Waals surface area (Å²) in [6.45, 7) is 1.51. The molecule has 2 aromatic rings. The number of benzene rings is 2. The third kappa shape index (κ3) is 5.77. The Bertz CT molecular complexity index is 1110. The van der Waals surface area contributed by atoms with Gasteiger partial charge < -0.3 is 39.7 Å². The summed E-state index contributed by atoms with van der Waals surface area (Å²) in [6.07, 6.45) is 0.747. The van der Waals surface area contributed by atoms with Gasteiger partial charge in [0.25, 0.3) is 0 Å². The maximum Gasteiger partial charge on any atom is 0.229 e. The summed E-state index contributed by atoms with van der Waals surface area (Å²) in [4.78, 5) is 13.5. The van der Waals surface area contributed by atoms with E-state index in [1.807, 2.05) is 6.07 Å². The van der Waals surface area contributed by atoms with Crippen LogP contribution in [0.4, 0.5) is 0 Å². The smallest absolute Gasteiger partial charge is 0.229 e. The molecule has 9 nitrogen and oxygen atoms in total. The quantitative estimate of drug-likeness (QED) is 0.217. The van der Waals surface area contributed by atoms with Crippen molar-refractivity contribution < 1.29 is 44.5 Å². The zero-order valence-corrected chi connectivity index (χ0v) is 22.1. The molecule has 0 amide bonds. The van der Waals surface area contributed by atoms with Gasteiger partial charge in [-0.05, 0) is 48.3 Å². The van der Waals surface area contributed by atoms with Gasteiger partial charge >= 0.3 is 0 Å². The van der Waals surface area contributed by atoms with E-state index in [4.69, 9.17) is 14.2 Å². The lowest BCUT2D eigenvalue weighted by Gasteiger charge is -2.39. The molecule has 0 bridgehead atoms. The van der Waals surface area contributed by atoms with E-state index < -0.39 is 37.3 Å². The van der Waals surface area contributed by atoms with Gasteiger partial charge in [0.15, 0.2) is 5.78 Å². The number of Topliss-reactive ketones (excluding diaryl/α,β-unsaturated/α-hetero) is 1. The lowest BCUT2D eigenvalue weighted by atomic mass is 9.86. The molecule has 1 aliphatic heterocycles. The summed E-state index contributed by atoms with van der Waals surface area (Å²) in [5.41, 5.74) is 1.14. The number of methoxy groups -OCH3 is 1. The van der Waals surface area contributed by atoms with Gasteiger partial charge in [-0.25, -0.2) is 0 Å². The van der Waals surface area contributed by atoms with Crippen LogP contribution in [0, 0.1) is 0 Å². The molecule has 2 aromatic carbocycles. The minimum atomic E-state index is -1.63. The molecule has 0 radical (unpaired) electrons. The van der Waals surface area contributed by atoms with Gasteiger partial charge in [0, 0.05) is 12.5 Å². The van der Waals surface area contributed by atoms with Crippen molar-refractivity contribution in [2.75, 3.05) is 13.7 Å². The van der Waals surface area contributed by atoms with Crippen molar-refractivity contribution in [1.82, 2.24) is 0 Å². The van der Waals surface area contributed by atoms with E-state index in [0.29, 0.717) is 23.1 Å². The normalized spacial score (nSPS) is 26.1. The summed E-state index contributed by atoms with van der Waals surface area (Å²) in [6, 6.07) is 5.18. The number of ketones is 1. The van der Waals surface area contributed by atoms with Crippen LogP contribution in [0.15, 0.2) is 18.2 Å². The standard InChI is InChI=1S/C29H40O9/c1-3-4-5-6-11-20(31)24-19(16-9-7-8-10-16)13-17-12-18(36-2)14-21(23(17)26(24)33)37-29-28(35)27(34)25(32)22(15-30)38-29/h12-14,16,22,25,27-30,32-35H,3-11,15H2,1-2H3/t22-,25-,27+,28-,29-/m1/s1. The minimum Gasteiger partial charge on any atom is -0.506 e. The highest BCUT2D eigenvalue weighted by molar-refractivity contribution is 6.08. The summed E-state index contributed by atoms with van der Waals surface area (Å²) >= 11 is 0. The molecule has 2 aliphatic rings. The van der Waals surface area contributed by atoms with E-state index in [-0.39, 0.29) is 28.6 Å². The van der Waals surface area contributed by atoms with Crippen LogP contribution in [0.25, 0.3) is 10.8 Å². The monoisotopic (exact) mass is 532 g/mol. The van der Waals surface area contributed by atoms with E-state index in [9.17, 15) is 30.3 Å². The number of hydrogen-bond donors (Lipinski definition) is 5. The first-order chi connectivity index (χ1) is 18.3. The van der Waals surface area contributed by atoms with Crippen molar-refractivity contribution in [3.63, 3.8) is 0 Å². The predicted octanol–water partition coefficient (Wildman–Crippen LogP) is 3.54. The number of unbranched alkanes of at least 4 members (excludes halogenated alkanes) is 3. The van der Waals surface area contributed by atoms with Crippen molar-refractivity contribution in [3.05, 3.63) is 29.3 Å². The molecule has 1 heterocycles. The van der Waals surface area contributed by atoms with Crippen LogP contribution in [-0.4, -0.2) is 75.7 Å². The van der Waals surface area contributed by atoms with Crippen LogP contribution in [0.2, 0.25) is 0 Å². The highest BCUT2D eigenvalue weighted by Gasteiger charge is 2.45. The second kappa shape index (κ2) is 12.6. The fraction of sp³-hybridized carbons (Fsp3) is 0.621. The summed E-state index contributed by atoms with van der Waals surface area (Å²) < 4.78 is 17.0. The fourth-order valence-corrected chi connectivity index (χ4v) is 5.67. The Balaban J connectivity index is 1.80. The Morgan fingerprint density at radius 2 is 1.76 bits per heavy atom. The number of aliphatic hydroxyl groups excluding tert-OH is 4. The molecule has 4 rings (SSSR count). The van der Waals surface area contributed by atoms with Gasteiger partial charge in [-0.15, -0.1) is 0 Å². The Morgan fingerprint density at radius 3 is 2.42 bits per heavy atom. The first kappa shape index (κ1) is 28.6. The number of hydrogen-bond acceptors (Lipinski definition) is 9. The maximum absolute atomic E-state index is 13.5. The average Bonchev–Trinajstić information content (AvgIpc) is 3.45. The third-order valence-electron chi connectivity index (χ3n) is 7.84. The number of aromatic hydroxyl groups is 1. The molecule has 1 aliphatic carbocycles. The fourth-order valence-electron chi connectivity index (χ4n) is 5.67. The third-order valence-corrected chi connectivity index (χ3v) is 7.84. The number of ether oxygens (including phenoxy) is 3. The molecule has 1 saturated carbocycles. The van der Waals surface area contributed by atoms with E-state index in [1.165, 1.54) is 13.2 Å². The second-order valence-corrected chi connectivity index (χ2v) is 10.4. The first-order valence-electron chi connectivity index (χ1n) is 13.7. The lowest BCUT2D eigenvalue weighted by Crippen LogP contribution is -2.60. The number of rotatable bonds is 11. The van der Waals surface area contributed by atoms with E-state index in [0.717, 1.165) is 56.9 Å². The Kier molecular flexibility index (Phi) is 9.49. The Labute approximate surface area is 223 Å². The SMILES string of the molecule is CCCCCCC(=O)c1c(C2CCCC2)cc2cc(OC)cc(O[C@@H]3O[C@H](CO)[C@@H](O)[C@H](O)[C@H]3O)c2c1O. The van der Waals surface area contributed by atoms with E-state index >= 15 is 0 Å². The molecule has 38 heavy (non-hydrogen) atoms. The highest BCUT2D eigenvalue weighted by Crippen LogP contribution is 2.46. The van der Waals surface area contributed by atoms with Crippen molar-refractivity contribution in [3.8, 4) is 17.2 Å². The molecular formula is C29H40O9. The average molecular weight is 533 g/mol. The Hall–Kier alpha value is -2.43. The number of fused-ring (bicyclic) bond motifs is 1. The molecular weight excluding hydrogens is 492 g/mol. The van der Waals surface area contributed by atoms with Crippen LogP contribution < -0.4 is 9.47 Å². The summed E-state index contributed by atoms with van der Waals surface area (Å²) in [5.74, 6) is 0.372. The number of carbonyl (C=O) groups excluding carboxylic acids is 1. The zero-order chi connectivity index (χ0) is 27.4. The predicted molar refractivity (Wildman–Crippen MR) is 141 cm³/mol. The van der Waals surface area contributed by atoms with Crippen LogP contribution in [-0.2, 0) is 4.74 Å². The highest BCUT2D eigenvalue weighted by atomic mass is 16.7. The van der Waals surface area contributed by atoms with Gasteiger partial charge in [0.2, 0.25) is 6.29 Å². The maximum atomic E-state index is 13.5. The van der Waals surface area contributed by atoms with Crippen LogP contribution >= 0.6 is 0 Å². The number of carbonyl (C=O) groups is 1. The van der Waals surface area contributed by atoms with Crippen molar-refractivity contribution in [2.45, 2.75) is 101 Å². The van der Waals surface area contributed by atoms with Crippen molar-refractivity contribution in [2.24, 2.45) is 0 Å². The molecule has 0 spiro atoms. The molecule has 9 heteroatoms. The minimum absolute atomic E-state index is 0.0826. The Morgan fingerprint density at radius 1 is 1.03 bits per heavy atom. The molecule has 0 unspecified atom stereocenters. The van der Waals surface area contributed by atoms with Crippen LogP contribution in [0.3, 0.4) is 0 Å². The van der Waals surface area contributed by atoms with E-state index in [2.05, 4.69) is 6.92 Å². The van der Waals surface area contributed by atoms with Gasteiger partial charge in [0.1, 0.15) is 41.7 Å².